The van der Waals surface area contributed by atoms with Gasteiger partial charge in [0.05, 0.1) is 11.8 Å². The Morgan fingerprint density at radius 2 is 2.29 bits per heavy atom. The van der Waals surface area contributed by atoms with E-state index in [0.29, 0.717) is 0 Å². The molecule has 0 radical (unpaired) electrons. The number of hydrogen-bond acceptors (Lipinski definition) is 3. The minimum Gasteiger partial charge on any atom is -0.377 e. The van der Waals surface area contributed by atoms with Gasteiger partial charge < -0.3 is 4.74 Å². The normalized spacial score (nSPS) is 20.9. The minimum absolute atomic E-state index is 0.0883. The van der Waals surface area contributed by atoms with Crippen LogP contribution in [-0.4, -0.2) is 24.9 Å². The minimum atomic E-state index is 0.0883. The number of rotatable bonds is 3. The van der Waals surface area contributed by atoms with Crippen LogP contribution in [0.25, 0.3) is 0 Å². The molecule has 0 saturated carbocycles. The van der Waals surface area contributed by atoms with Gasteiger partial charge in [-0.05, 0) is 31.6 Å². The van der Waals surface area contributed by atoms with Crippen molar-refractivity contribution in [2.24, 2.45) is 5.10 Å². The molecule has 3 nitrogen and oxygen atoms in total. The SMILES string of the molecule is C=NN1C=CC=C/C1=C(\C)C(C)OC. The van der Waals surface area contributed by atoms with E-state index in [-0.39, 0.29) is 6.10 Å². The molecule has 0 spiro atoms. The Kier molecular flexibility index (Phi) is 3.65. The summed E-state index contributed by atoms with van der Waals surface area (Å²) in [4.78, 5) is 0. The third-order valence-corrected chi connectivity index (χ3v) is 2.36. The smallest absolute Gasteiger partial charge is 0.0774 e. The van der Waals surface area contributed by atoms with Crippen molar-refractivity contribution in [1.29, 1.82) is 0 Å². The van der Waals surface area contributed by atoms with Gasteiger partial charge in [-0.1, -0.05) is 6.08 Å². The van der Waals surface area contributed by atoms with Crippen LogP contribution in [0.5, 0.6) is 0 Å². The van der Waals surface area contributed by atoms with Crippen LogP contribution in [0.2, 0.25) is 0 Å². The predicted molar refractivity (Wildman–Crippen MR) is 58.8 cm³/mol. The number of ether oxygens (including phenoxy) is 1. The zero-order valence-corrected chi connectivity index (χ0v) is 8.90. The lowest BCUT2D eigenvalue weighted by molar-refractivity contribution is 0.144. The molecule has 0 aromatic heterocycles. The van der Waals surface area contributed by atoms with Crippen LogP contribution in [-0.2, 0) is 4.74 Å². The molecule has 0 aliphatic carbocycles. The Bertz CT molecular complexity index is 302. The fourth-order valence-electron chi connectivity index (χ4n) is 1.26. The zero-order valence-electron chi connectivity index (χ0n) is 8.90. The third-order valence-electron chi connectivity index (χ3n) is 2.36. The molecule has 1 aliphatic heterocycles. The second-order valence-electron chi connectivity index (χ2n) is 3.13. The quantitative estimate of drug-likeness (QED) is 0.641. The highest BCUT2D eigenvalue weighted by Crippen LogP contribution is 2.19. The van der Waals surface area contributed by atoms with E-state index in [2.05, 4.69) is 11.8 Å². The summed E-state index contributed by atoms with van der Waals surface area (Å²) in [5.41, 5.74) is 2.16. The average molecular weight is 192 g/mol. The highest BCUT2D eigenvalue weighted by Gasteiger charge is 2.12. The van der Waals surface area contributed by atoms with E-state index in [0.717, 1.165) is 11.3 Å². The first-order chi connectivity index (χ1) is 6.70. The van der Waals surface area contributed by atoms with Crippen LogP contribution in [0.3, 0.4) is 0 Å². The lowest BCUT2D eigenvalue weighted by Gasteiger charge is -2.22. The van der Waals surface area contributed by atoms with Gasteiger partial charge in [0, 0.05) is 20.0 Å². The Labute approximate surface area is 85.1 Å². The molecule has 1 aliphatic rings. The molecule has 1 atom stereocenters. The molecule has 0 saturated heterocycles. The van der Waals surface area contributed by atoms with Crippen LogP contribution in [0.15, 0.2) is 40.8 Å². The number of nitrogens with zero attached hydrogens (tertiary/aromatic N) is 2. The van der Waals surface area contributed by atoms with E-state index >= 15 is 0 Å². The maximum Gasteiger partial charge on any atom is 0.0774 e. The van der Waals surface area contributed by atoms with Crippen molar-refractivity contribution < 1.29 is 4.74 Å². The standard InChI is InChI=1S/C11H16N2O/c1-9(10(2)14-4)11-7-5-6-8-13(11)12-3/h5-8,10H,3H2,1-2,4H3/b11-9-. The Hall–Kier alpha value is -1.35. The van der Waals surface area contributed by atoms with Crippen LogP contribution in [0.4, 0.5) is 0 Å². The molecule has 0 fully saturated rings. The zero-order chi connectivity index (χ0) is 10.6. The molecule has 1 heterocycles. The van der Waals surface area contributed by atoms with Crippen LogP contribution < -0.4 is 0 Å². The van der Waals surface area contributed by atoms with Crippen LogP contribution in [0.1, 0.15) is 13.8 Å². The van der Waals surface area contributed by atoms with Crippen molar-refractivity contribution >= 4 is 6.72 Å². The van der Waals surface area contributed by atoms with Crippen molar-refractivity contribution in [3.05, 3.63) is 35.7 Å². The van der Waals surface area contributed by atoms with E-state index in [1.54, 1.807) is 12.1 Å². The van der Waals surface area contributed by atoms with Gasteiger partial charge in [0.2, 0.25) is 0 Å². The topological polar surface area (TPSA) is 24.8 Å². The summed E-state index contributed by atoms with van der Waals surface area (Å²) < 4.78 is 5.25. The van der Waals surface area contributed by atoms with E-state index in [4.69, 9.17) is 4.74 Å². The highest BCUT2D eigenvalue weighted by atomic mass is 16.5. The first kappa shape index (κ1) is 10.7. The van der Waals surface area contributed by atoms with E-state index < -0.39 is 0 Å². The van der Waals surface area contributed by atoms with E-state index in [1.807, 2.05) is 38.3 Å². The van der Waals surface area contributed by atoms with Crippen LogP contribution >= 0.6 is 0 Å². The van der Waals surface area contributed by atoms with Crippen molar-refractivity contribution in [2.45, 2.75) is 20.0 Å². The Morgan fingerprint density at radius 1 is 1.57 bits per heavy atom. The molecule has 0 bridgehead atoms. The maximum absolute atomic E-state index is 5.25. The fourth-order valence-corrected chi connectivity index (χ4v) is 1.26. The molecule has 0 aromatic rings. The molecular weight excluding hydrogens is 176 g/mol. The van der Waals surface area contributed by atoms with Gasteiger partial charge in [-0.3, -0.25) is 0 Å². The van der Waals surface area contributed by atoms with Crippen molar-refractivity contribution in [3.63, 3.8) is 0 Å². The summed E-state index contributed by atoms with van der Waals surface area (Å²) in [6, 6.07) is 0. The second-order valence-corrected chi connectivity index (χ2v) is 3.13. The van der Waals surface area contributed by atoms with Gasteiger partial charge in [0.25, 0.3) is 0 Å². The number of hydrogen-bond donors (Lipinski definition) is 0. The second kappa shape index (κ2) is 4.77. The fraction of sp³-hybridized carbons (Fsp3) is 0.364. The van der Waals surface area contributed by atoms with Gasteiger partial charge in [-0.25, -0.2) is 5.01 Å². The van der Waals surface area contributed by atoms with Gasteiger partial charge in [0.15, 0.2) is 0 Å². The Morgan fingerprint density at radius 3 is 2.86 bits per heavy atom. The van der Waals surface area contributed by atoms with Gasteiger partial charge in [-0.15, -0.1) is 0 Å². The van der Waals surface area contributed by atoms with Gasteiger partial charge in [-0.2, -0.15) is 5.10 Å². The summed E-state index contributed by atoms with van der Waals surface area (Å²) in [6.07, 6.45) is 7.85. The summed E-state index contributed by atoms with van der Waals surface area (Å²) in [5, 5.41) is 5.64. The summed E-state index contributed by atoms with van der Waals surface area (Å²) in [5.74, 6) is 0. The number of hydrazone groups is 1. The molecule has 14 heavy (non-hydrogen) atoms. The van der Waals surface area contributed by atoms with Crippen molar-refractivity contribution in [3.8, 4) is 0 Å². The largest absolute Gasteiger partial charge is 0.377 e. The number of allylic oxidation sites excluding steroid dienone is 3. The lowest BCUT2D eigenvalue weighted by Crippen LogP contribution is -2.17. The van der Waals surface area contributed by atoms with Crippen LogP contribution in [0, 0.1) is 0 Å². The highest BCUT2D eigenvalue weighted by molar-refractivity contribution is 5.34. The molecule has 1 unspecified atom stereocenters. The molecule has 0 aromatic carbocycles. The average Bonchev–Trinajstić information content (AvgIpc) is 2.26. The van der Waals surface area contributed by atoms with Gasteiger partial charge >= 0.3 is 0 Å². The van der Waals surface area contributed by atoms with E-state index in [9.17, 15) is 0 Å². The lowest BCUT2D eigenvalue weighted by atomic mass is 10.1. The summed E-state index contributed by atoms with van der Waals surface area (Å²) >= 11 is 0. The monoisotopic (exact) mass is 192 g/mol. The molecule has 76 valence electrons. The molecule has 0 N–H and O–H groups in total. The molecule has 3 heteroatoms. The maximum atomic E-state index is 5.25. The molecule has 0 amide bonds. The Balaban J connectivity index is 2.99. The summed E-state index contributed by atoms with van der Waals surface area (Å²) in [6.45, 7) is 7.56. The van der Waals surface area contributed by atoms with Gasteiger partial charge in [0.1, 0.15) is 0 Å². The van der Waals surface area contributed by atoms with Crippen molar-refractivity contribution in [1.82, 2.24) is 5.01 Å². The first-order valence-electron chi connectivity index (χ1n) is 4.55. The predicted octanol–water partition coefficient (Wildman–Crippen LogP) is 2.30. The first-order valence-corrected chi connectivity index (χ1v) is 4.55. The molecular formula is C11H16N2O. The van der Waals surface area contributed by atoms with E-state index in [1.165, 1.54) is 0 Å². The third kappa shape index (κ3) is 2.12. The van der Waals surface area contributed by atoms with Crippen molar-refractivity contribution in [2.75, 3.05) is 7.11 Å². The summed E-state index contributed by atoms with van der Waals surface area (Å²) in [7, 11) is 1.70. The number of methoxy groups -OCH3 is 1. The molecule has 1 rings (SSSR count).